The number of carbonyl (C=O) groups is 1. The number of hydrogen-bond donors (Lipinski definition) is 2. The van der Waals surface area contributed by atoms with Gasteiger partial charge in [0, 0.05) is 13.0 Å². The van der Waals surface area contributed by atoms with Crippen molar-refractivity contribution >= 4 is 17.0 Å². The molecule has 6 heteroatoms. The predicted molar refractivity (Wildman–Crippen MR) is 83.4 cm³/mol. The fraction of sp³-hybridized carbons (Fsp3) is 0.176. The first-order valence-electron chi connectivity index (χ1n) is 7.23. The quantitative estimate of drug-likeness (QED) is 0.760. The Morgan fingerprint density at radius 2 is 2.04 bits per heavy atom. The fourth-order valence-corrected chi connectivity index (χ4v) is 2.35. The van der Waals surface area contributed by atoms with E-state index in [0.717, 1.165) is 11.1 Å². The first-order chi connectivity index (χ1) is 11.1. The lowest BCUT2D eigenvalue weighted by Gasteiger charge is -2.06. The van der Waals surface area contributed by atoms with Gasteiger partial charge in [-0.1, -0.05) is 18.2 Å². The maximum atomic E-state index is 13.1. The van der Waals surface area contributed by atoms with Gasteiger partial charge in [0.15, 0.2) is 5.58 Å². The molecular formula is C17H15FN2O3. The lowest BCUT2D eigenvalue weighted by Crippen LogP contribution is -2.23. The number of amides is 1. The van der Waals surface area contributed by atoms with Crippen molar-refractivity contribution < 1.29 is 13.6 Å². The van der Waals surface area contributed by atoms with Crippen LogP contribution in [0.15, 0.2) is 51.7 Å². The summed E-state index contributed by atoms with van der Waals surface area (Å²) in [6.07, 6.45) is 0.770. The standard InChI is InChI=1S/C17H15FN2O3/c18-13-3-1-2-11(8-13)5-7-16(21)19-10-12-4-6-15-14(9-12)20-17(22)23-15/h1-4,6,8-9H,5,7,10H2,(H,19,21)(H,20,22). The van der Waals surface area contributed by atoms with Crippen LogP contribution in [-0.2, 0) is 17.8 Å². The molecule has 1 amide bonds. The molecule has 118 valence electrons. The van der Waals surface area contributed by atoms with Crippen LogP contribution in [0.3, 0.4) is 0 Å². The molecule has 0 unspecified atom stereocenters. The maximum absolute atomic E-state index is 13.1. The molecule has 0 radical (unpaired) electrons. The van der Waals surface area contributed by atoms with Crippen molar-refractivity contribution in [3.05, 3.63) is 70.0 Å². The van der Waals surface area contributed by atoms with Gasteiger partial charge in [0.1, 0.15) is 5.82 Å². The maximum Gasteiger partial charge on any atom is 0.417 e. The smallest absolute Gasteiger partial charge is 0.408 e. The minimum absolute atomic E-state index is 0.116. The number of aromatic amines is 1. The van der Waals surface area contributed by atoms with Crippen molar-refractivity contribution in [1.82, 2.24) is 10.3 Å². The Morgan fingerprint density at radius 1 is 1.17 bits per heavy atom. The topological polar surface area (TPSA) is 75.1 Å². The van der Waals surface area contributed by atoms with E-state index >= 15 is 0 Å². The summed E-state index contributed by atoms with van der Waals surface area (Å²) in [6, 6.07) is 11.4. The normalized spacial score (nSPS) is 10.8. The second-order valence-electron chi connectivity index (χ2n) is 5.25. The Morgan fingerprint density at radius 3 is 2.87 bits per heavy atom. The van der Waals surface area contributed by atoms with Gasteiger partial charge >= 0.3 is 5.76 Å². The lowest BCUT2D eigenvalue weighted by molar-refractivity contribution is -0.121. The number of aromatic nitrogens is 1. The Kier molecular flexibility index (Phi) is 4.23. The van der Waals surface area contributed by atoms with E-state index in [0.29, 0.717) is 24.1 Å². The number of benzene rings is 2. The molecule has 0 bridgehead atoms. The molecule has 0 saturated carbocycles. The molecule has 1 heterocycles. The molecule has 3 rings (SSSR count). The summed E-state index contributed by atoms with van der Waals surface area (Å²) in [5, 5.41) is 2.80. The molecule has 0 spiro atoms. The summed E-state index contributed by atoms with van der Waals surface area (Å²) < 4.78 is 18.0. The van der Waals surface area contributed by atoms with E-state index in [-0.39, 0.29) is 18.1 Å². The molecule has 0 atom stereocenters. The Hall–Kier alpha value is -2.89. The van der Waals surface area contributed by atoms with Gasteiger partial charge < -0.3 is 9.73 Å². The van der Waals surface area contributed by atoms with Gasteiger partial charge in [-0.2, -0.15) is 0 Å². The summed E-state index contributed by atoms with van der Waals surface area (Å²) >= 11 is 0. The third-order valence-electron chi connectivity index (χ3n) is 3.50. The van der Waals surface area contributed by atoms with E-state index in [1.54, 1.807) is 30.3 Å². The second kappa shape index (κ2) is 6.48. The molecule has 0 fully saturated rings. The molecule has 0 saturated heterocycles. The minimum Gasteiger partial charge on any atom is -0.408 e. The van der Waals surface area contributed by atoms with Gasteiger partial charge in [-0.25, -0.2) is 9.18 Å². The number of aryl methyl sites for hydroxylation is 1. The molecule has 23 heavy (non-hydrogen) atoms. The molecule has 5 nitrogen and oxygen atoms in total. The van der Waals surface area contributed by atoms with E-state index < -0.39 is 5.76 Å². The highest BCUT2D eigenvalue weighted by Crippen LogP contribution is 2.12. The average molecular weight is 314 g/mol. The van der Waals surface area contributed by atoms with E-state index in [9.17, 15) is 14.0 Å². The first-order valence-corrected chi connectivity index (χ1v) is 7.23. The Balaban J connectivity index is 1.54. The molecule has 0 aliphatic carbocycles. The van der Waals surface area contributed by atoms with Gasteiger partial charge in [-0.3, -0.25) is 9.78 Å². The zero-order chi connectivity index (χ0) is 16.2. The van der Waals surface area contributed by atoms with Crippen molar-refractivity contribution in [1.29, 1.82) is 0 Å². The Bertz CT molecular complexity index is 898. The molecule has 2 N–H and O–H groups in total. The van der Waals surface area contributed by atoms with Crippen LogP contribution in [0.1, 0.15) is 17.5 Å². The zero-order valence-electron chi connectivity index (χ0n) is 12.3. The van der Waals surface area contributed by atoms with Crippen molar-refractivity contribution in [2.45, 2.75) is 19.4 Å². The van der Waals surface area contributed by atoms with Crippen LogP contribution in [0, 0.1) is 5.82 Å². The largest absolute Gasteiger partial charge is 0.417 e. The van der Waals surface area contributed by atoms with Gasteiger partial charge in [0.25, 0.3) is 0 Å². The third-order valence-corrected chi connectivity index (χ3v) is 3.50. The number of halogens is 1. The van der Waals surface area contributed by atoms with E-state index in [1.807, 2.05) is 0 Å². The summed E-state index contributed by atoms with van der Waals surface area (Å²) in [5.41, 5.74) is 2.73. The van der Waals surface area contributed by atoms with Gasteiger partial charge in [0.2, 0.25) is 5.91 Å². The van der Waals surface area contributed by atoms with E-state index in [4.69, 9.17) is 4.42 Å². The van der Waals surface area contributed by atoms with Crippen molar-refractivity contribution in [2.24, 2.45) is 0 Å². The SMILES string of the molecule is O=C(CCc1cccc(F)c1)NCc1ccc2oc(=O)[nH]c2c1. The number of fused-ring (bicyclic) bond motifs is 1. The summed E-state index contributed by atoms with van der Waals surface area (Å²) in [6.45, 7) is 0.352. The molecule has 1 aromatic heterocycles. The van der Waals surface area contributed by atoms with Crippen molar-refractivity contribution in [3.8, 4) is 0 Å². The van der Waals surface area contributed by atoms with Gasteiger partial charge in [0.05, 0.1) is 5.52 Å². The number of rotatable bonds is 5. The molecular weight excluding hydrogens is 299 g/mol. The summed E-state index contributed by atoms with van der Waals surface area (Å²) in [7, 11) is 0. The average Bonchev–Trinajstić information content (AvgIpc) is 2.90. The number of H-pyrrole nitrogens is 1. The van der Waals surface area contributed by atoms with Gasteiger partial charge in [-0.05, 0) is 41.8 Å². The zero-order valence-corrected chi connectivity index (χ0v) is 12.3. The highest BCUT2D eigenvalue weighted by Gasteiger charge is 2.05. The van der Waals surface area contributed by atoms with Crippen LogP contribution in [0.4, 0.5) is 4.39 Å². The van der Waals surface area contributed by atoms with Crippen LogP contribution in [0.2, 0.25) is 0 Å². The molecule has 0 aliphatic heterocycles. The van der Waals surface area contributed by atoms with Gasteiger partial charge in [-0.15, -0.1) is 0 Å². The number of carbonyl (C=O) groups excluding carboxylic acids is 1. The number of oxazole rings is 1. The van der Waals surface area contributed by atoms with Crippen LogP contribution in [0.5, 0.6) is 0 Å². The van der Waals surface area contributed by atoms with E-state index in [1.165, 1.54) is 12.1 Å². The predicted octanol–water partition coefficient (Wildman–Crippen LogP) is 2.51. The molecule has 0 aliphatic rings. The second-order valence-corrected chi connectivity index (χ2v) is 5.25. The number of nitrogens with one attached hydrogen (secondary N) is 2. The Labute approximate surface area is 131 Å². The van der Waals surface area contributed by atoms with Crippen LogP contribution in [0.25, 0.3) is 11.1 Å². The third kappa shape index (κ3) is 3.85. The summed E-state index contributed by atoms with van der Waals surface area (Å²) in [4.78, 5) is 25.5. The number of hydrogen-bond acceptors (Lipinski definition) is 3. The highest BCUT2D eigenvalue weighted by atomic mass is 19.1. The molecule has 2 aromatic carbocycles. The highest BCUT2D eigenvalue weighted by molar-refractivity contribution is 5.76. The van der Waals surface area contributed by atoms with Crippen molar-refractivity contribution in [3.63, 3.8) is 0 Å². The van der Waals surface area contributed by atoms with Crippen LogP contribution < -0.4 is 11.1 Å². The van der Waals surface area contributed by atoms with Crippen molar-refractivity contribution in [2.75, 3.05) is 0 Å². The van der Waals surface area contributed by atoms with Crippen LogP contribution >= 0.6 is 0 Å². The fourth-order valence-electron chi connectivity index (χ4n) is 2.35. The summed E-state index contributed by atoms with van der Waals surface area (Å²) in [5.74, 6) is -0.920. The minimum atomic E-state index is -0.503. The first kappa shape index (κ1) is 15.0. The van der Waals surface area contributed by atoms with Crippen LogP contribution in [-0.4, -0.2) is 10.9 Å². The molecule has 3 aromatic rings. The van der Waals surface area contributed by atoms with E-state index in [2.05, 4.69) is 10.3 Å². The monoisotopic (exact) mass is 314 g/mol. The lowest BCUT2D eigenvalue weighted by atomic mass is 10.1.